The zero-order chi connectivity index (χ0) is 28.2. The van der Waals surface area contributed by atoms with E-state index >= 15 is 0 Å². The SMILES string of the molecule is CCOC(=O)C1(c2cn(CCC(C)(C)C)cn2)CC1CCCN(C(=O)OC(C)(C)C)C(=O)OC(C)(C)C. The van der Waals surface area contributed by atoms with Crippen LogP contribution in [0.3, 0.4) is 0 Å². The van der Waals surface area contributed by atoms with Crippen molar-refractivity contribution < 1.29 is 28.6 Å². The first-order chi connectivity index (χ1) is 16.9. The molecule has 0 N–H and O–H groups in total. The molecule has 9 heteroatoms. The fourth-order valence-corrected chi connectivity index (χ4v) is 4.17. The van der Waals surface area contributed by atoms with Crippen molar-refractivity contribution in [3.63, 3.8) is 0 Å². The minimum Gasteiger partial charge on any atom is -0.465 e. The average Bonchev–Trinajstić information content (AvgIpc) is 3.24. The first-order valence-corrected chi connectivity index (χ1v) is 13.3. The van der Waals surface area contributed by atoms with Crippen molar-refractivity contribution in [1.29, 1.82) is 0 Å². The zero-order valence-electron chi connectivity index (χ0n) is 24.5. The van der Waals surface area contributed by atoms with Gasteiger partial charge in [-0.1, -0.05) is 20.8 Å². The van der Waals surface area contributed by atoms with Crippen molar-refractivity contribution in [3.8, 4) is 0 Å². The topological polar surface area (TPSA) is 100.0 Å². The Morgan fingerprint density at radius 3 is 2.08 bits per heavy atom. The van der Waals surface area contributed by atoms with E-state index in [4.69, 9.17) is 14.2 Å². The molecule has 1 heterocycles. The standard InChI is InChI=1S/C28H47N3O6/c1-11-35-22(32)28(21-18-30(19-29-21)16-14-25(2,3)4)17-20(28)13-12-15-31(23(33)36-26(5,6)7)24(34)37-27(8,9)10/h18-20H,11-17H2,1-10H3. The van der Waals surface area contributed by atoms with E-state index in [1.54, 1.807) is 54.8 Å². The molecule has 2 unspecified atom stereocenters. The average molecular weight is 522 g/mol. The van der Waals surface area contributed by atoms with Crippen molar-refractivity contribution >= 4 is 18.2 Å². The summed E-state index contributed by atoms with van der Waals surface area (Å²) in [5.41, 5.74) is -1.37. The van der Waals surface area contributed by atoms with E-state index in [0.717, 1.165) is 23.6 Å². The van der Waals surface area contributed by atoms with Gasteiger partial charge in [0.15, 0.2) is 0 Å². The number of hydrogen-bond donors (Lipinski definition) is 0. The van der Waals surface area contributed by atoms with E-state index in [1.807, 2.05) is 10.8 Å². The second-order valence-corrected chi connectivity index (χ2v) is 13.2. The van der Waals surface area contributed by atoms with Crippen LogP contribution in [0.15, 0.2) is 12.5 Å². The Hall–Kier alpha value is -2.58. The molecule has 0 aromatic carbocycles. The molecule has 0 saturated heterocycles. The normalized spacial score (nSPS) is 19.8. The fourth-order valence-electron chi connectivity index (χ4n) is 4.17. The Kier molecular flexibility index (Phi) is 9.47. The molecule has 210 valence electrons. The van der Waals surface area contributed by atoms with E-state index in [-0.39, 0.29) is 23.8 Å². The smallest absolute Gasteiger partial charge is 0.419 e. The summed E-state index contributed by atoms with van der Waals surface area (Å²) in [5, 5.41) is 0. The lowest BCUT2D eigenvalue weighted by atomic mass is 9.92. The Labute approximate surface area is 222 Å². The third-order valence-electron chi connectivity index (χ3n) is 6.12. The van der Waals surface area contributed by atoms with E-state index < -0.39 is 28.8 Å². The second-order valence-electron chi connectivity index (χ2n) is 13.2. The maximum Gasteiger partial charge on any atom is 0.419 e. The van der Waals surface area contributed by atoms with Gasteiger partial charge in [-0.2, -0.15) is 0 Å². The molecule has 1 aromatic heterocycles. The van der Waals surface area contributed by atoms with Crippen LogP contribution in [0.4, 0.5) is 9.59 Å². The van der Waals surface area contributed by atoms with Crippen molar-refractivity contribution in [3.05, 3.63) is 18.2 Å². The number of imide groups is 1. The minimum atomic E-state index is -0.786. The molecule has 0 aliphatic heterocycles. The lowest BCUT2D eigenvalue weighted by molar-refractivity contribution is -0.146. The van der Waals surface area contributed by atoms with Crippen LogP contribution in [0, 0.1) is 11.3 Å². The van der Waals surface area contributed by atoms with Crippen LogP contribution in [0.1, 0.15) is 101 Å². The summed E-state index contributed by atoms with van der Waals surface area (Å²) in [6, 6.07) is 0. The third kappa shape index (κ3) is 9.04. The predicted molar refractivity (Wildman–Crippen MR) is 141 cm³/mol. The van der Waals surface area contributed by atoms with Crippen LogP contribution in [-0.4, -0.2) is 57.0 Å². The van der Waals surface area contributed by atoms with Gasteiger partial charge in [-0.25, -0.2) is 19.5 Å². The van der Waals surface area contributed by atoms with Crippen LogP contribution in [-0.2, 0) is 31.0 Å². The summed E-state index contributed by atoms with van der Waals surface area (Å²) >= 11 is 0. The molecule has 1 aliphatic carbocycles. The highest BCUT2D eigenvalue weighted by molar-refractivity contribution is 5.88. The molecule has 0 spiro atoms. The highest BCUT2D eigenvalue weighted by Gasteiger charge is 2.63. The number of hydrogen-bond acceptors (Lipinski definition) is 7. The largest absolute Gasteiger partial charge is 0.465 e. The molecule has 2 rings (SSSR count). The number of imidazole rings is 1. The number of carbonyl (C=O) groups is 3. The van der Waals surface area contributed by atoms with E-state index in [9.17, 15) is 14.4 Å². The maximum absolute atomic E-state index is 13.1. The summed E-state index contributed by atoms with van der Waals surface area (Å²) in [6.45, 7) is 20.1. The van der Waals surface area contributed by atoms with Crippen molar-refractivity contribution in [2.45, 2.75) is 118 Å². The van der Waals surface area contributed by atoms with Crippen molar-refractivity contribution in [1.82, 2.24) is 14.5 Å². The summed E-state index contributed by atoms with van der Waals surface area (Å²) in [5.74, 6) is -0.256. The summed E-state index contributed by atoms with van der Waals surface area (Å²) in [7, 11) is 0. The van der Waals surface area contributed by atoms with Gasteiger partial charge in [-0.15, -0.1) is 0 Å². The van der Waals surface area contributed by atoms with Crippen LogP contribution >= 0.6 is 0 Å². The summed E-state index contributed by atoms with van der Waals surface area (Å²) < 4.78 is 18.4. The molecule has 1 aromatic rings. The van der Waals surface area contributed by atoms with Crippen LogP contribution < -0.4 is 0 Å². The summed E-state index contributed by atoms with van der Waals surface area (Å²) in [4.78, 5) is 44.2. The van der Waals surface area contributed by atoms with Crippen molar-refractivity contribution in [2.75, 3.05) is 13.2 Å². The molecule has 9 nitrogen and oxygen atoms in total. The van der Waals surface area contributed by atoms with Crippen LogP contribution in [0.5, 0.6) is 0 Å². The molecule has 2 atom stereocenters. The number of ether oxygens (including phenoxy) is 3. The minimum absolute atomic E-state index is 0.0108. The molecule has 1 saturated carbocycles. The molecule has 0 radical (unpaired) electrons. The number of esters is 1. The fraction of sp³-hybridized carbons (Fsp3) is 0.786. The van der Waals surface area contributed by atoms with Gasteiger partial charge in [0.2, 0.25) is 0 Å². The highest BCUT2D eigenvalue weighted by atomic mass is 16.6. The second kappa shape index (κ2) is 11.4. The molecular formula is C28H47N3O6. The molecule has 0 bridgehead atoms. The molecule has 1 fully saturated rings. The van der Waals surface area contributed by atoms with Gasteiger partial charge in [-0.3, -0.25) is 4.79 Å². The van der Waals surface area contributed by atoms with Gasteiger partial charge >= 0.3 is 18.2 Å². The summed E-state index contributed by atoms with van der Waals surface area (Å²) in [6.07, 6.45) is 4.98. The van der Waals surface area contributed by atoms with Gasteiger partial charge in [0.25, 0.3) is 0 Å². The number of carbonyl (C=O) groups excluding carboxylic acids is 3. The third-order valence-corrected chi connectivity index (χ3v) is 6.12. The van der Waals surface area contributed by atoms with Crippen LogP contribution in [0.2, 0.25) is 0 Å². The van der Waals surface area contributed by atoms with Crippen LogP contribution in [0.25, 0.3) is 0 Å². The predicted octanol–water partition coefficient (Wildman–Crippen LogP) is 6.09. The number of amides is 2. The Balaban J connectivity index is 2.12. The number of aryl methyl sites for hydroxylation is 1. The molecule has 1 aliphatic rings. The van der Waals surface area contributed by atoms with E-state index in [0.29, 0.717) is 25.9 Å². The van der Waals surface area contributed by atoms with Gasteiger partial charge in [0.05, 0.1) is 18.6 Å². The number of nitrogens with zero attached hydrogens (tertiary/aromatic N) is 3. The van der Waals surface area contributed by atoms with Crippen molar-refractivity contribution in [2.24, 2.45) is 11.3 Å². The maximum atomic E-state index is 13.1. The molecule has 2 amide bonds. The quantitative estimate of drug-likeness (QED) is 0.286. The lowest BCUT2D eigenvalue weighted by Gasteiger charge is -2.28. The Bertz CT molecular complexity index is 922. The van der Waals surface area contributed by atoms with E-state index in [2.05, 4.69) is 25.8 Å². The number of rotatable bonds is 9. The lowest BCUT2D eigenvalue weighted by Crippen LogP contribution is -2.44. The molecular weight excluding hydrogens is 474 g/mol. The number of aromatic nitrogens is 2. The van der Waals surface area contributed by atoms with Gasteiger partial charge in [-0.05, 0) is 85.5 Å². The zero-order valence-corrected chi connectivity index (χ0v) is 24.5. The monoisotopic (exact) mass is 521 g/mol. The first-order valence-electron chi connectivity index (χ1n) is 13.3. The van der Waals surface area contributed by atoms with E-state index in [1.165, 1.54) is 0 Å². The Morgan fingerprint density at radius 2 is 1.59 bits per heavy atom. The first kappa shape index (κ1) is 30.6. The van der Waals surface area contributed by atoms with Gasteiger partial charge < -0.3 is 18.8 Å². The molecule has 37 heavy (non-hydrogen) atoms. The highest BCUT2D eigenvalue weighted by Crippen LogP contribution is 2.57. The Morgan fingerprint density at radius 1 is 1.03 bits per heavy atom. The van der Waals surface area contributed by atoms with Gasteiger partial charge in [0.1, 0.15) is 16.6 Å². The van der Waals surface area contributed by atoms with Gasteiger partial charge in [0, 0.05) is 19.3 Å².